The van der Waals surface area contributed by atoms with Crippen LogP contribution in [-0.4, -0.2) is 12.1 Å². The molecule has 0 atom stereocenters. The average molecular weight is 338 g/mol. The molecule has 0 aliphatic rings. The number of carbonyl (C=O) groups excluding carboxylic acids is 1. The van der Waals surface area contributed by atoms with E-state index in [2.05, 4.69) is 5.32 Å². The van der Waals surface area contributed by atoms with Crippen LogP contribution in [0.2, 0.25) is 5.02 Å². The third-order valence-corrected chi connectivity index (χ3v) is 3.64. The number of nitrogens with one attached hydrogen (secondary N) is 2. The number of rotatable bonds is 5. The molecule has 0 aliphatic heterocycles. The number of anilines is 1. The summed E-state index contributed by atoms with van der Waals surface area (Å²) in [7, 11) is 0. The van der Waals surface area contributed by atoms with Gasteiger partial charge in [0, 0.05) is 35.1 Å². The summed E-state index contributed by atoms with van der Waals surface area (Å²) >= 11 is 5.75. The SMILES string of the molecule is N=Cc1c(N)cccc1CNC(=O)c1ccc(C(F)F)c(Cl)c1. The molecule has 0 saturated carbocycles. The Balaban J connectivity index is 2.13. The number of nitrogens with two attached hydrogens (primary N) is 1. The quantitative estimate of drug-likeness (QED) is 0.573. The van der Waals surface area contributed by atoms with Crippen LogP contribution in [0.5, 0.6) is 0 Å². The van der Waals surface area contributed by atoms with Gasteiger partial charge in [-0.3, -0.25) is 4.79 Å². The van der Waals surface area contributed by atoms with Gasteiger partial charge in [-0.15, -0.1) is 0 Å². The Hall–Kier alpha value is -2.47. The molecule has 0 radical (unpaired) electrons. The highest BCUT2D eigenvalue weighted by atomic mass is 35.5. The summed E-state index contributed by atoms with van der Waals surface area (Å²) in [6, 6.07) is 8.75. The minimum Gasteiger partial charge on any atom is -0.398 e. The maximum absolute atomic E-state index is 12.6. The van der Waals surface area contributed by atoms with E-state index in [0.29, 0.717) is 16.8 Å². The largest absolute Gasteiger partial charge is 0.398 e. The van der Waals surface area contributed by atoms with Gasteiger partial charge in [-0.2, -0.15) is 0 Å². The summed E-state index contributed by atoms with van der Waals surface area (Å²) in [4.78, 5) is 12.1. The minimum atomic E-state index is -2.69. The van der Waals surface area contributed by atoms with Crippen LogP contribution < -0.4 is 11.1 Å². The van der Waals surface area contributed by atoms with Gasteiger partial charge in [0.15, 0.2) is 0 Å². The van der Waals surface area contributed by atoms with Crippen molar-refractivity contribution in [2.45, 2.75) is 13.0 Å². The van der Waals surface area contributed by atoms with Crippen molar-refractivity contribution in [1.82, 2.24) is 5.32 Å². The highest BCUT2D eigenvalue weighted by Crippen LogP contribution is 2.27. The van der Waals surface area contributed by atoms with Crippen molar-refractivity contribution < 1.29 is 13.6 Å². The zero-order chi connectivity index (χ0) is 17.0. The molecule has 2 aromatic carbocycles. The van der Waals surface area contributed by atoms with Crippen LogP contribution in [0.3, 0.4) is 0 Å². The molecule has 7 heteroatoms. The molecule has 0 aliphatic carbocycles. The molecule has 0 saturated heterocycles. The van der Waals surface area contributed by atoms with Crippen molar-refractivity contribution in [2.24, 2.45) is 0 Å². The predicted octanol–water partition coefficient (Wildman–Crippen LogP) is 3.79. The topological polar surface area (TPSA) is 79.0 Å². The summed E-state index contributed by atoms with van der Waals surface area (Å²) in [5.74, 6) is -0.453. The third kappa shape index (κ3) is 3.84. The lowest BCUT2D eigenvalue weighted by atomic mass is 10.1. The lowest BCUT2D eigenvalue weighted by Crippen LogP contribution is -2.23. The van der Waals surface area contributed by atoms with Crippen molar-refractivity contribution in [3.8, 4) is 0 Å². The molecular formula is C16H14ClF2N3O. The Morgan fingerprint density at radius 2 is 2.09 bits per heavy atom. The van der Waals surface area contributed by atoms with Gasteiger partial charge in [-0.1, -0.05) is 29.8 Å². The second kappa shape index (κ2) is 7.19. The molecule has 0 aromatic heterocycles. The van der Waals surface area contributed by atoms with E-state index in [4.69, 9.17) is 22.7 Å². The van der Waals surface area contributed by atoms with Gasteiger partial charge in [0.1, 0.15) is 0 Å². The minimum absolute atomic E-state index is 0.156. The number of halogens is 3. The maximum atomic E-state index is 12.6. The molecule has 2 rings (SSSR count). The number of benzene rings is 2. The molecule has 2 aromatic rings. The highest BCUT2D eigenvalue weighted by Gasteiger charge is 2.15. The van der Waals surface area contributed by atoms with E-state index >= 15 is 0 Å². The number of hydrogen-bond donors (Lipinski definition) is 3. The first-order valence-corrected chi connectivity index (χ1v) is 7.05. The molecule has 120 valence electrons. The zero-order valence-electron chi connectivity index (χ0n) is 11.9. The highest BCUT2D eigenvalue weighted by molar-refractivity contribution is 6.31. The van der Waals surface area contributed by atoms with Gasteiger partial charge in [0.05, 0.1) is 5.02 Å². The van der Waals surface area contributed by atoms with Gasteiger partial charge in [0.25, 0.3) is 12.3 Å². The lowest BCUT2D eigenvalue weighted by molar-refractivity contribution is 0.0950. The summed E-state index contributed by atoms with van der Waals surface area (Å²) in [5.41, 5.74) is 7.28. The van der Waals surface area contributed by atoms with Crippen LogP contribution in [0.1, 0.15) is 33.5 Å². The van der Waals surface area contributed by atoms with Gasteiger partial charge in [-0.25, -0.2) is 8.78 Å². The zero-order valence-corrected chi connectivity index (χ0v) is 12.7. The molecule has 23 heavy (non-hydrogen) atoms. The molecular weight excluding hydrogens is 324 g/mol. The monoisotopic (exact) mass is 337 g/mol. The van der Waals surface area contributed by atoms with Crippen molar-refractivity contribution in [2.75, 3.05) is 5.73 Å². The fourth-order valence-corrected chi connectivity index (χ4v) is 2.35. The summed E-state index contributed by atoms with van der Waals surface area (Å²) in [6.45, 7) is 0.156. The number of alkyl halides is 2. The van der Waals surface area contributed by atoms with Crippen LogP contribution in [-0.2, 0) is 6.54 Å². The van der Waals surface area contributed by atoms with E-state index in [-0.39, 0.29) is 22.7 Å². The Kier molecular flexibility index (Phi) is 5.28. The smallest absolute Gasteiger partial charge is 0.265 e. The molecule has 4 N–H and O–H groups in total. The van der Waals surface area contributed by atoms with Crippen molar-refractivity contribution >= 4 is 29.4 Å². The van der Waals surface area contributed by atoms with Crippen molar-refractivity contribution in [3.05, 3.63) is 63.7 Å². The van der Waals surface area contributed by atoms with Crippen LogP contribution in [0, 0.1) is 5.41 Å². The average Bonchev–Trinajstić information content (AvgIpc) is 2.52. The van der Waals surface area contributed by atoms with Gasteiger partial charge in [0.2, 0.25) is 0 Å². The van der Waals surface area contributed by atoms with E-state index in [1.165, 1.54) is 12.1 Å². The second-order valence-corrected chi connectivity index (χ2v) is 5.19. The third-order valence-electron chi connectivity index (χ3n) is 3.31. The van der Waals surface area contributed by atoms with E-state index < -0.39 is 12.3 Å². The second-order valence-electron chi connectivity index (χ2n) is 4.78. The first-order valence-electron chi connectivity index (χ1n) is 6.67. The molecule has 0 heterocycles. The first-order chi connectivity index (χ1) is 10.9. The van der Waals surface area contributed by atoms with Gasteiger partial charge >= 0.3 is 0 Å². The molecule has 0 fully saturated rings. The first kappa shape index (κ1) is 16.9. The molecule has 0 bridgehead atoms. The number of nitrogen functional groups attached to an aromatic ring is 1. The number of carbonyl (C=O) groups is 1. The van der Waals surface area contributed by atoms with Gasteiger partial charge in [-0.05, 0) is 23.8 Å². The number of hydrogen-bond acceptors (Lipinski definition) is 3. The Bertz CT molecular complexity index is 750. The van der Waals surface area contributed by atoms with Crippen molar-refractivity contribution in [3.63, 3.8) is 0 Å². The summed E-state index contributed by atoms with van der Waals surface area (Å²) in [6.07, 6.45) is -1.58. The summed E-state index contributed by atoms with van der Waals surface area (Å²) < 4.78 is 25.3. The van der Waals surface area contributed by atoms with Crippen molar-refractivity contribution in [1.29, 1.82) is 5.41 Å². The fraction of sp³-hybridized carbons (Fsp3) is 0.125. The molecule has 4 nitrogen and oxygen atoms in total. The number of amides is 1. The Morgan fingerprint density at radius 3 is 2.70 bits per heavy atom. The van der Waals surface area contributed by atoms with E-state index in [9.17, 15) is 13.6 Å². The molecule has 0 spiro atoms. The van der Waals surface area contributed by atoms with Crippen LogP contribution in [0.4, 0.5) is 14.5 Å². The molecule has 0 unspecified atom stereocenters. The standard InChI is InChI=1S/C16H14ClF2N3O/c17-13-6-9(4-5-11(13)15(18)19)16(23)22-8-10-2-1-3-14(21)12(10)7-20/h1-7,15,20H,8,21H2,(H,22,23). The predicted molar refractivity (Wildman–Crippen MR) is 86.3 cm³/mol. The van der Waals surface area contributed by atoms with E-state index in [1.54, 1.807) is 18.2 Å². The van der Waals surface area contributed by atoms with E-state index in [1.807, 2.05) is 0 Å². The van der Waals surface area contributed by atoms with Crippen LogP contribution in [0.15, 0.2) is 36.4 Å². The van der Waals surface area contributed by atoms with E-state index in [0.717, 1.165) is 12.3 Å². The van der Waals surface area contributed by atoms with Crippen LogP contribution >= 0.6 is 11.6 Å². The summed E-state index contributed by atoms with van der Waals surface area (Å²) in [5, 5.41) is 9.85. The molecule has 1 amide bonds. The Labute approximate surface area is 136 Å². The van der Waals surface area contributed by atoms with Crippen LogP contribution in [0.25, 0.3) is 0 Å². The normalized spacial score (nSPS) is 10.6. The lowest BCUT2D eigenvalue weighted by Gasteiger charge is -2.11. The maximum Gasteiger partial charge on any atom is 0.265 e. The van der Waals surface area contributed by atoms with Gasteiger partial charge < -0.3 is 16.5 Å². The Morgan fingerprint density at radius 1 is 1.35 bits per heavy atom. The fourth-order valence-electron chi connectivity index (χ4n) is 2.09.